The van der Waals surface area contributed by atoms with Crippen molar-refractivity contribution in [3.63, 3.8) is 0 Å². The van der Waals surface area contributed by atoms with E-state index in [9.17, 15) is 0 Å². The highest BCUT2D eigenvalue weighted by Gasteiger charge is 2.09. The van der Waals surface area contributed by atoms with Crippen LogP contribution in [-0.2, 0) is 6.42 Å². The average molecular weight is 308 g/mol. The molecule has 0 spiro atoms. The molecule has 0 saturated carbocycles. The number of hydrogen-bond acceptors (Lipinski definition) is 4. The number of benzene rings is 1. The van der Waals surface area contributed by atoms with Gasteiger partial charge in [-0.3, -0.25) is 0 Å². The Hall–Kier alpha value is -2.69. The lowest BCUT2D eigenvalue weighted by atomic mass is 10.1. The molecule has 0 aliphatic heterocycles. The number of hydrogen-bond donors (Lipinski definition) is 0. The van der Waals surface area contributed by atoms with E-state index in [2.05, 4.69) is 21.0 Å². The number of rotatable bonds is 4. The number of nitrogens with zero attached hydrogens (tertiary/aromatic N) is 4. The van der Waals surface area contributed by atoms with Gasteiger partial charge in [0.25, 0.3) is 0 Å². The van der Waals surface area contributed by atoms with Crippen LogP contribution in [0.3, 0.4) is 0 Å². The Morgan fingerprint density at radius 3 is 2.61 bits per heavy atom. The number of ether oxygens (including phenoxy) is 1. The molecule has 3 aromatic rings. The first-order valence-corrected chi connectivity index (χ1v) is 7.54. The number of aryl methyl sites for hydroxylation is 3. The van der Waals surface area contributed by atoms with Crippen molar-refractivity contribution in [2.75, 3.05) is 7.11 Å². The Morgan fingerprint density at radius 1 is 1.13 bits per heavy atom. The summed E-state index contributed by atoms with van der Waals surface area (Å²) in [5.74, 6) is 1.63. The van der Waals surface area contributed by atoms with Crippen LogP contribution >= 0.6 is 0 Å². The van der Waals surface area contributed by atoms with Gasteiger partial charge in [-0.05, 0) is 44.0 Å². The fraction of sp³-hybridized carbons (Fsp3) is 0.278. The molecule has 0 radical (unpaired) electrons. The molecule has 0 fully saturated rings. The van der Waals surface area contributed by atoms with Crippen molar-refractivity contribution in [1.82, 2.24) is 19.5 Å². The number of imidazole rings is 1. The van der Waals surface area contributed by atoms with Crippen LogP contribution in [0.5, 0.6) is 5.75 Å². The first-order chi connectivity index (χ1) is 11.1. The Kier molecular flexibility index (Phi) is 4.10. The molecule has 0 atom stereocenters. The van der Waals surface area contributed by atoms with Crippen molar-refractivity contribution in [3.05, 3.63) is 65.3 Å². The Bertz CT molecular complexity index is 839. The summed E-state index contributed by atoms with van der Waals surface area (Å²) >= 11 is 0. The molecule has 118 valence electrons. The lowest BCUT2D eigenvalue weighted by Crippen LogP contribution is -2.01. The van der Waals surface area contributed by atoms with Crippen molar-refractivity contribution >= 4 is 0 Å². The summed E-state index contributed by atoms with van der Waals surface area (Å²) < 4.78 is 7.50. The minimum Gasteiger partial charge on any atom is -0.495 e. The van der Waals surface area contributed by atoms with Gasteiger partial charge in [0.1, 0.15) is 11.6 Å². The van der Waals surface area contributed by atoms with Gasteiger partial charge in [-0.15, -0.1) is 0 Å². The van der Waals surface area contributed by atoms with Gasteiger partial charge >= 0.3 is 0 Å². The standard InChI is InChI=1S/C18H20N4O/c1-12-9-19-18(21-14(12)3)8-15-5-6-16(17(7-15)23-4)22-10-13(2)20-11-22/h5-7,9-11H,8H2,1-4H3. The van der Waals surface area contributed by atoms with Gasteiger partial charge in [-0.2, -0.15) is 0 Å². The van der Waals surface area contributed by atoms with E-state index >= 15 is 0 Å². The first kappa shape index (κ1) is 15.2. The molecule has 2 heterocycles. The Labute approximate surface area is 136 Å². The summed E-state index contributed by atoms with van der Waals surface area (Å²) in [6, 6.07) is 6.14. The molecule has 0 bridgehead atoms. The number of methoxy groups -OCH3 is 1. The van der Waals surface area contributed by atoms with Gasteiger partial charge in [-0.1, -0.05) is 6.07 Å². The molecule has 1 aromatic carbocycles. The molecule has 23 heavy (non-hydrogen) atoms. The van der Waals surface area contributed by atoms with Crippen molar-refractivity contribution in [1.29, 1.82) is 0 Å². The van der Waals surface area contributed by atoms with Gasteiger partial charge < -0.3 is 9.30 Å². The fourth-order valence-corrected chi connectivity index (χ4v) is 2.44. The van der Waals surface area contributed by atoms with Crippen LogP contribution in [0.1, 0.15) is 28.3 Å². The van der Waals surface area contributed by atoms with Crippen molar-refractivity contribution < 1.29 is 4.74 Å². The summed E-state index contributed by atoms with van der Waals surface area (Å²) in [6.07, 6.45) is 6.32. The van der Waals surface area contributed by atoms with Gasteiger partial charge in [0, 0.05) is 24.5 Å². The van der Waals surface area contributed by atoms with Crippen molar-refractivity contribution in [2.24, 2.45) is 0 Å². The average Bonchev–Trinajstić information content (AvgIpc) is 2.97. The van der Waals surface area contributed by atoms with Gasteiger partial charge in [0.15, 0.2) is 0 Å². The molecule has 0 unspecified atom stereocenters. The lowest BCUT2D eigenvalue weighted by Gasteiger charge is -2.11. The molecule has 3 rings (SSSR count). The molecule has 0 aliphatic rings. The predicted molar refractivity (Wildman–Crippen MR) is 89.2 cm³/mol. The maximum absolute atomic E-state index is 5.54. The molecular weight excluding hydrogens is 288 g/mol. The smallest absolute Gasteiger partial charge is 0.143 e. The SMILES string of the molecule is COc1cc(Cc2ncc(C)c(C)n2)ccc1-n1cnc(C)c1. The Morgan fingerprint density at radius 2 is 1.96 bits per heavy atom. The van der Waals surface area contributed by atoms with E-state index in [1.54, 1.807) is 13.4 Å². The van der Waals surface area contributed by atoms with E-state index in [4.69, 9.17) is 4.74 Å². The summed E-state index contributed by atoms with van der Waals surface area (Å²) in [4.78, 5) is 13.2. The largest absolute Gasteiger partial charge is 0.495 e. The van der Waals surface area contributed by atoms with Crippen LogP contribution in [0.2, 0.25) is 0 Å². The molecular formula is C18H20N4O. The molecule has 2 aromatic heterocycles. The molecule has 0 saturated heterocycles. The quantitative estimate of drug-likeness (QED) is 0.743. The third kappa shape index (κ3) is 3.23. The zero-order valence-corrected chi connectivity index (χ0v) is 13.9. The second kappa shape index (κ2) is 6.20. The summed E-state index contributed by atoms with van der Waals surface area (Å²) in [6.45, 7) is 5.99. The van der Waals surface area contributed by atoms with E-state index in [-0.39, 0.29) is 0 Å². The van der Waals surface area contributed by atoms with Crippen molar-refractivity contribution in [3.8, 4) is 11.4 Å². The van der Waals surface area contributed by atoms with Gasteiger partial charge in [0.05, 0.1) is 24.8 Å². The molecule has 5 heteroatoms. The highest BCUT2D eigenvalue weighted by molar-refractivity contribution is 5.49. The summed E-state index contributed by atoms with van der Waals surface area (Å²) in [5.41, 5.74) is 5.19. The van der Waals surface area contributed by atoms with Crippen LogP contribution < -0.4 is 4.74 Å². The van der Waals surface area contributed by atoms with Gasteiger partial charge in [0.2, 0.25) is 0 Å². The minimum atomic E-state index is 0.681. The maximum Gasteiger partial charge on any atom is 0.143 e. The summed E-state index contributed by atoms with van der Waals surface area (Å²) in [5, 5.41) is 0. The van der Waals surface area contributed by atoms with E-state index < -0.39 is 0 Å². The first-order valence-electron chi connectivity index (χ1n) is 7.54. The Balaban J connectivity index is 1.91. The van der Waals surface area contributed by atoms with E-state index in [1.807, 2.05) is 49.9 Å². The molecule has 5 nitrogen and oxygen atoms in total. The topological polar surface area (TPSA) is 52.8 Å². The second-order valence-electron chi connectivity index (χ2n) is 5.66. The zero-order valence-electron chi connectivity index (χ0n) is 13.9. The summed E-state index contributed by atoms with van der Waals surface area (Å²) in [7, 11) is 1.68. The normalized spacial score (nSPS) is 10.8. The van der Waals surface area contributed by atoms with Crippen molar-refractivity contribution in [2.45, 2.75) is 27.2 Å². The lowest BCUT2D eigenvalue weighted by molar-refractivity contribution is 0.412. The number of aromatic nitrogens is 4. The second-order valence-corrected chi connectivity index (χ2v) is 5.66. The predicted octanol–water partition coefficient (Wildman–Crippen LogP) is 3.19. The highest BCUT2D eigenvalue weighted by atomic mass is 16.5. The van der Waals surface area contributed by atoms with Crippen LogP contribution in [-0.4, -0.2) is 26.6 Å². The van der Waals surface area contributed by atoms with Crippen LogP contribution in [0.25, 0.3) is 5.69 Å². The van der Waals surface area contributed by atoms with Crippen LogP contribution in [0, 0.1) is 20.8 Å². The van der Waals surface area contributed by atoms with Crippen LogP contribution in [0.4, 0.5) is 0 Å². The molecule has 0 amide bonds. The van der Waals surface area contributed by atoms with E-state index in [0.29, 0.717) is 6.42 Å². The minimum absolute atomic E-state index is 0.681. The van der Waals surface area contributed by atoms with E-state index in [1.165, 1.54) is 0 Å². The maximum atomic E-state index is 5.54. The molecule has 0 aliphatic carbocycles. The molecule has 0 N–H and O–H groups in total. The van der Waals surface area contributed by atoms with Gasteiger partial charge in [-0.25, -0.2) is 15.0 Å². The highest BCUT2D eigenvalue weighted by Crippen LogP contribution is 2.25. The monoisotopic (exact) mass is 308 g/mol. The third-order valence-corrected chi connectivity index (χ3v) is 3.87. The van der Waals surface area contributed by atoms with Crippen LogP contribution in [0.15, 0.2) is 36.9 Å². The zero-order chi connectivity index (χ0) is 16.4. The van der Waals surface area contributed by atoms with E-state index in [0.717, 1.165) is 39.8 Å². The fourth-order valence-electron chi connectivity index (χ4n) is 2.44. The third-order valence-electron chi connectivity index (χ3n) is 3.87.